The molecule has 1 aliphatic rings. The molecule has 0 radical (unpaired) electrons. The van der Waals surface area contributed by atoms with Gasteiger partial charge in [-0.3, -0.25) is 0 Å². The summed E-state index contributed by atoms with van der Waals surface area (Å²) in [6.45, 7) is 0.687. The third kappa shape index (κ3) is 3.58. The van der Waals surface area contributed by atoms with Crippen molar-refractivity contribution in [2.24, 2.45) is 5.92 Å². The van der Waals surface area contributed by atoms with Crippen molar-refractivity contribution in [3.63, 3.8) is 0 Å². The van der Waals surface area contributed by atoms with E-state index in [1.807, 2.05) is 0 Å². The minimum atomic E-state index is -0.643. The summed E-state index contributed by atoms with van der Waals surface area (Å²) in [4.78, 5) is 0. The van der Waals surface area contributed by atoms with Crippen molar-refractivity contribution in [2.45, 2.75) is 38.5 Å². The first kappa shape index (κ1) is 13.6. The number of anilines is 1. The Bertz CT molecular complexity index is 380. The van der Waals surface area contributed by atoms with E-state index in [0.29, 0.717) is 6.54 Å². The maximum absolute atomic E-state index is 13.5. The van der Waals surface area contributed by atoms with E-state index in [4.69, 9.17) is 11.6 Å². The van der Waals surface area contributed by atoms with E-state index in [-0.39, 0.29) is 10.7 Å². The molecule has 0 heterocycles. The molecule has 100 valence electrons. The third-order valence-electron chi connectivity index (χ3n) is 3.59. The van der Waals surface area contributed by atoms with Gasteiger partial charge in [0.2, 0.25) is 0 Å². The van der Waals surface area contributed by atoms with E-state index in [0.717, 1.165) is 24.5 Å². The molecule has 0 unspecified atom stereocenters. The highest BCUT2D eigenvalue weighted by molar-refractivity contribution is 6.33. The summed E-state index contributed by atoms with van der Waals surface area (Å²) >= 11 is 5.81. The van der Waals surface area contributed by atoms with Gasteiger partial charge in [0.1, 0.15) is 5.82 Å². The Morgan fingerprint density at radius 1 is 1.17 bits per heavy atom. The predicted octanol–water partition coefficient (Wildman–Crippen LogP) is 5.00. The summed E-state index contributed by atoms with van der Waals surface area (Å²) < 4.78 is 26.4. The molecule has 2 rings (SSSR count). The zero-order chi connectivity index (χ0) is 13.0. The molecule has 0 atom stereocenters. The van der Waals surface area contributed by atoms with Gasteiger partial charge in [0, 0.05) is 12.6 Å². The molecular formula is C14H18ClF2N. The summed E-state index contributed by atoms with van der Waals surface area (Å²) in [7, 11) is 0. The van der Waals surface area contributed by atoms with Crippen LogP contribution in [0.1, 0.15) is 38.5 Å². The van der Waals surface area contributed by atoms with E-state index in [1.165, 1.54) is 32.1 Å². The SMILES string of the molecule is Fc1cc(F)c(NCCC2CCCCC2)c(Cl)c1. The van der Waals surface area contributed by atoms with Gasteiger partial charge in [0.15, 0.2) is 5.82 Å². The Morgan fingerprint density at radius 3 is 2.56 bits per heavy atom. The van der Waals surface area contributed by atoms with E-state index in [2.05, 4.69) is 5.32 Å². The highest BCUT2D eigenvalue weighted by atomic mass is 35.5. The molecule has 18 heavy (non-hydrogen) atoms. The van der Waals surface area contributed by atoms with Crippen LogP contribution in [0.4, 0.5) is 14.5 Å². The second kappa shape index (κ2) is 6.37. The molecule has 0 aromatic heterocycles. The van der Waals surface area contributed by atoms with Crippen LogP contribution in [0.15, 0.2) is 12.1 Å². The lowest BCUT2D eigenvalue weighted by molar-refractivity contribution is 0.345. The zero-order valence-corrected chi connectivity index (χ0v) is 11.1. The maximum Gasteiger partial charge on any atom is 0.150 e. The smallest absolute Gasteiger partial charge is 0.150 e. The van der Waals surface area contributed by atoms with Crippen molar-refractivity contribution in [3.8, 4) is 0 Å². The number of hydrogen-bond donors (Lipinski definition) is 1. The largest absolute Gasteiger partial charge is 0.381 e. The second-order valence-electron chi connectivity index (χ2n) is 4.96. The molecule has 1 aromatic rings. The molecule has 1 nitrogen and oxygen atoms in total. The molecule has 0 bridgehead atoms. The van der Waals surface area contributed by atoms with Gasteiger partial charge >= 0.3 is 0 Å². The van der Waals surface area contributed by atoms with Gasteiger partial charge in [0.25, 0.3) is 0 Å². The van der Waals surface area contributed by atoms with Gasteiger partial charge in [-0.1, -0.05) is 43.7 Å². The van der Waals surface area contributed by atoms with Gasteiger partial charge in [-0.25, -0.2) is 8.78 Å². The van der Waals surface area contributed by atoms with E-state index in [1.54, 1.807) is 0 Å². The van der Waals surface area contributed by atoms with Crippen LogP contribution in [0.2, 0.25) is 5.02 Å². The maximum atomic E-state index is 13.5. The number of benzene rings is 1. The Kier molecular flexibility index (Phi) is 4.81. The zero-order valence-electron chi connectivity index (χ0n) is 10.3. The number of halogens is 3. The molecule has 0 aliphatic heterocycles. The van der Waals surface area contributed by atoms with Gasteiger partial charge in [-0.2, -0.15) is 0 Å². The van der Waals surface area contributed by atoms with Gasteiger partial charge in [-0.15, -0.1) is 0 Å². The summed E-state index contributed by atoms with van der Waals surface area (Å²) in [5.41, 5.74) is 0.217. The fraction of sp³-hybridized carbons (Fsp3) is 0.571. The summed E-state index contributed by atoms with van der Waals surface area (Å²) in [6, 6.07) is 1.99. The lowest BCUT2D eigenvalue weighted by atomic mass is 9.87. The topological polar surface area (TPSA) is 12.0 Å². The normalized spacial score (nSPS) is 16.8. The third-order valence-corrected chi connectivity index (χ3v) is 3.88. The number of hydrogen-bond acceptors (Lipinski definition) is 1. The summed E-state index contributed by atoms with van der Waals surface area (Å²) in [5, 5.41) is 3.09. The minimum absolute atomic E-state index is 0.108. The van der Waals surface area contributed by atoms with Crippen LogP contribution in [0, 0.1) is 17.6 Å². The highest BCUT2D eigenvalue weighted by Crippen LogP contribution is 2.28. The van der Waals surface area contributed by atoms with Crippen LogP contribution in [0.25, 0.3) is 0 Å². The van der Waals surface area contributed by atoms with E-state index >= 15 is 0 Å². The molecular weight excluding hydrogens is 256 g/mol. The van der Waals surface area contributed by atoms with E-state index in [9.17, 15) is 8.78 Å². The standard InChI is InChI=1S/C14H18ClF2N/c15-12-8-11(16)9-13(17)14(12)18-7-6-10-4-2-1-3-5-10/h8-10,18H,1-7H2. The number of rotatable bonds is 4. The predicted molar refractivity (Wildman–Crippen MR) is 71.0 cm³/mol. The van der Waals surface area contributed by atoms with Crippen molar-refractivity contribution in [3.05, 3.63) is 28.8 Å². The molecule has 1 aliphatic carbocycles. The highest BCUT2D eigenvalue weighted by Gasteiger charge is 2.14. The van der Waals surface area contributed by atoms with Crippen LogP contribution in [-0.4, -0.2) is 6.54 Å². The fourth-order valence-electron chi connectivity index (χ4n) is 2.59. The lowest BCUT2D eigenvalue weighted by Gasteiger charge is -2.21. The van der Waals surface area contributed by atoms with Crippen LogP contribution < -0.4 is 5.32 Å². The molecule has 1 aromatic carbocycles. The molecule has 1 saturated carbocycles. The Hall–Kier alpha value is -0.830. The summed E-state index contributed by atoms with van der Waals surface area (Å²) in [6.07, 6.45) is 7.49. The first-order chi connectivity index (χ1) is 8.66. The van der Waals surface area contributed by atoms with Crippen LogP contribution >= 0.6 is 11.6 Å². The molecule has 0 saturated heterocycles. The molecule has 1 N–H and O–H groups in total. The first-order valence-corrected chi connectivity index (χ1v) is 6.93. The Labute approximate surface area is 112 Å². The molecule has 4 heteroatoms. The van der Waals surface area contributed by atoms with E-state index < -0.39 is 11.6 Å². The van der Waals surface area contributed by atoms with Gasteiger partial charge < -0.3 is 5.32 Å². The van der Waals surface area contributed by atoms with Crippen molar-refractivity contribution in [1.82, 2.24) is 0 Å². The number of nitrogens with one attached hydrogen (secondary N) is 1. The van der Waals surface area contributed by atoms with Crippen molar-refractivity contribution in [1.29, 1.82) is 0 Å². The Morgan fingerprint density at radius 2 is 1.89 bits per heavy atom. The molecule has 0 spiro atoms. The molecule has 0 amide bonds. The summed E-state index contributed by atoms with van der Waals surface area (Å²) in [5.74, 6) is -0.535. The van der Waals surface area contributed by atoms with Crippen molar-refractivity contribution in [2.75, 3.05) is 11.9 Å². The van der Waals surface area contributed by atoms with Gasteiger partial charge in [-0.05, 0) is 18.4 Å². The average Bonchev–Trinajstić information content (AvgIpc) is 2.34. The van der Waals surface area contributed by atoms with Crippen LogP contribution in [0.3, 0.4) is 0 Å². The second-order valence-corrected chi connectivity index (χ2v) is 5.37. The minimum Gasteiger partial charge on any atom is -0.381 e. The Balaban J connectivity index is 1.86. The quantitative estimate of drug-likeness (QED) is 0.814. The van der Waals surface area contributed by atoms with Gasteiger partial charge in [0.05, 0.1) is 10.7 Å². The van der Waals surface area contributed by atoms with Crippen molar-refractivity contribution >= 4 is 17.3 Å². The van der Waals surface area contributed by atoms with Crippen LogP contribution in [-0.2, 0) is 0 Å². The average molecular weight is 274 g/mol. The lowest BCUT2D eigenvalue weighted by Crippen LogP contribution is -2.13. The molecule has 1 fully saturated rings. The van der Waals surface area contributed by atoms with Crippen molar-refractivity contribution < 1.29 is 8.78 Å². The fourth-order valence-corrected chi connectivity index (χ4v) is 2.85. The monoisotopic (exact) mass is 273 g/mol. The first-order valence-electron chi connectivity index (χ1n) is 6.55. The van der Waals surface area contributed by atoms with Crippen LogP contribution in [0.5, 0.6) is 0 Å².